The molecular formula is C20H37N3O6. The number of nitrogens with one attached hydrogen (secondary N) is 1. The first-order chi connectivity index (χ1) is 13.4. The summed E-state index contributed by atoms with van der Waals surface area (Å²) in [7, 11) is 0. The molecule has 3 unspecified atom stereocenters. The molecule has 0 bridgehead atoms. The molecule has 9 heteroatoms. The number of unbranched alkanes of at least 4 members (excludes halogenated alkanes) is 1. The maximum absolute atomic E-state index is 13.2. The maximum Gasteiger partial charge on any atom is 0.417 e. The molecule has 0 fully saturated rings. The van der Waals surface area contributed by atoms with E-state index in [-0.39, 0.29) is 12.5 Å². The lowest BCUT2D eigenvalue weighted by Crippen LogP contribution is -2.60. The van der Waals surface area contributed by atoms with Gasteiger partial charge in [0.25, 0.3) is 5.91 Å². The van der Waals surface area contributed by atoms with Crippen LogP contribution in [0.2, 0.25) is 0 Å². The summed E-state index contributed by atoms with van der Waals surface area (Å²) in [5.41, 5.74) is 5.86. The molecule has 0 radical (unpaired) electrons. The van der Waals surface area contributed by atoms with Gasteiger partial charge in [-0.1, -0.05) is 54.9 Å². The van der Waals surface area contributed by atoms with Gasteiger partial charge in [0.15, 0.2) is 0 Å². The number of nitrogens with two attached hydrogens (primary N) is 1. The van der Waals surface area contributed by atoms with Crippen LogP contribution in [-0.2, 0) is 19.1 Å². The lowest BCUT2D eigenvalue weighted by molar-refractivity contribution is -0.152. The zero-order valence-corrected chi connectivity index (χ0v) is 18.6. The molecule has 0 aliphatic carbocycles. The van der Waals surface area contributed by atoms with Crippen LogP contribution in [0.1, 0.15) is 61.3 Å². The first kappa shape index (κ1) is 26.8. The van der Waals surface area contributed by atoms with Crippen LogP contribution in [0.15, 0.2) is 0 Å². The average molecular weight is 416 g/mol. The first-order valence-corrected chi connectivity index (χ1v) is 10.1. The van der Waals surface area contributed by atoms with E-state index in [9.17, 15) is 24.3 Å². The fourth-order valence-electron chi connectivity index (χ4n) is 2.62. The lowest BCUT2D eigenvalue weighted by atomic mass is 9.97. The van der Waals surface area contributed by atoms with Crippen molar-refractivity contribution < 1.29 is 29.0 Å². The summed E-state index contributed by atoms with van der Waals surface area (Å²) in [6.07, 6.45) is 0.323. The molecule has 3 amide bonds. The van der Waals surface area contributed by atoms with Crippen molar-refractivity contribution in [2.75, 3.05) is 6.61 Å². The van der Waals surface area contributed by atoms with Gasteiger partial charge in [0.2, 0.25) is 5.91 Å². The lowest BCUT2D eigenvalue weighted by Gasteiger charge is -2.33. The van der Waals surface area contributed by atoms with Crippen LogP contribution in [-0.4, -0.2) is 58.6 Å². The highest BCUT2D eigenvalue weighted by Gasteiger charge is 2.42. The molecule has 29 heavy (non-hydrogen) atoms. The molecule has 0 aliphatic heterocycles. The number of carbonyl (C=O) groups excluding carboxylic acids is 3. The minimum Gasteiger partial charge on any atom is -0.480 e. The molecule has 0 spiro atoms. The molecule has 168 valence electrons. The molecule has 0 aromatic carbocycles. The standard InChI is InChI=1S/C20H37N3O6/c1-8-9-10-29-20(28)23(16(13(6)7)19(26)27)18(25)15(12(4)5)22-17(24)14(21)11(2)3/h11-16H,8-10,21H2,1-7H3,(H,22,24)(H,26,27). The monoisotopic (exact) mass is 415 g/mol. The largest absolute Gasteiger partial charge is 0.480 e. The normalized spacial score (nSPS) is 14.4. The van der Waals surface area contributed by atoms with Crippen molar-refractivity contribution >= 4 is 23.9 Å². The molecule has 0 saturated heterocycles. The van der Waals surface area contributed by atoms with E-state index in [1.807, 2.05) is 6.92 Å². The van der Waals surface area contributed by atoms with Gasteiger partial charge in [-0.05, 0) is 24.2 Å². The first-order valence-electron chi connectivity index (χ1n) is 10.1. The summed E-state index contributed by atoms with van der Waals surface area (Å²) in [5, 5.41) is 12.2. The van der Waals surface area contributed by atoms with Gasteiger partial charge in [0, 0.05) is 0 Å². The Kier molecular flexibility index (Phi) is 11.5. The number of rotatable bonds is 11. The highest BCUT2D eigenvalue weighted by molar-refractivity contribution is 6.00. The summed E-state index contributed by atoms with van der Waals surface area (Å²) in [6.45, 7) is 12.1. The van der Waals surface area contributed by atoms with Crippen LogP contribution in [0.4, 0.5) is 4.79 Å². The minimum absolute atomic E-state index is 0.0699. The third-order valence-electron chi connectivity index (χ3n) is 4.57. The molecule has 0 rings (SSSR count). The van der Waals surface area contributed by atoms with E-state index in [0.29, 0.717) is 11.3 Å². The smallest absolute Gasteiger partial charge is 0.417 e. The third kappa shape index (κ3) is 8.00. The number of carboxylic acids is 1. The molecule has 0 aromatic rings. The molecule has 0 aromatic heterocycles. The Morgan fingerprint density at radius 2 is 1.55 bits per heavy atom. The van der Waals surface area contributed by atoms with E-state index >= 15 is 0 Å². The topological polar surface area (TPSA) is 139 Å². The van der Waals surface area contributed by atoms with Crippen LogP contribution >= 0.6 is 0 Å². The number of imide groups is 1. The SMILES string of the molecule is CCCCOC(=O)N(C(=O)C(NC(=O)C(N)C(C)C)C(C)C)C(C(=O)O)C(C)C. The fraction of sp³-hybridized carbons (Fsp3) is 0.800. The van der Waals surface area contributed by atoms with Crippen molar-refractivity contribution in [1.29, 1.82) is 0 Å². The molecule has 0 heterocycles. The van der Waals surface area contributed by atoms with Crippen molar-refractivity contribution in [3.8, 4) is 0 Å². The van der Waals surface area contributed by atoms with Crippen LogP contribution in [0.3, 0.4) is 0 Å². The van der Waals surface area contributed by atoms with Crippen LogP contribution in [0.25, 0.3) is 0 Å². The zero-order chi connectivity index (χ0) is 22.9. The van der Waals surface area contributed by atoms with Crippen molar-refractivity contribution in [3.63, 3.8) is 0 Å². The fourth-order valence-corrected chi connectivity index (χ4v) is 2.62. The van der Waals surface area contributed by atoms with E-state index < -0.39 is 53.8 Å². The molecule has 4 N–H and O–H groups in total. The van der Waals surface area contributed by atoms with Gasteiger partial charge >= 0.3 is 12.1 Å². The van der Waals surface area contributed by atoms with E-state index in [0.717, 1.165) is 6.42 Å². The second-order valence-electron chi connectivity index (χ2n) is 8.20. The summed E-state index contributed by atoms with van der Waals surface area (Å²) in [4.78, 5) is 50.7. The summed E-state index contributed by atoms with van der Waals surface area (Å²) < 4.78 is 5.13. The number of ether oxygens (including phenoxy) is 1. The third-order valence-corrected chi connectivity index (χ3v) is 4.57. The van der Waals surface area contributed by atoms with Gasteiger partial charge in [0.1, 0.15) is 12.1 Å². The van der Waals surface area contributed by atoms with Gasteiger partial charge in [-0.2, -0.15) is 0 Å². The highest BCUT2D eigenvalue weighted by atomic mass is 16.6. The molecule has 0 aliphatic rings. The van der Waals surface area contributed by atoms with Crippen LogP contribution in [0, 0.1) is 17.8 Å². The molecule has 0 saturated carbocycles. The minimum atomic E-state index is -1.42. The van der Waals surface area contributed by atoms with Crippen molar-refractivity contribution in [2.24, 2.45) is 23.5 Å². The summed E-state index contributed by atoms with van der Waals surface area (Å²) in [6, 6.07) is -3.38. The second-order valence-corrected chi connectivity index (χ2v) is 8.20. The number of carbonyl (C=O) groups is 4. The van der Waals surface area contributed by atoms with Crippen molar-refractivity contribution in [1.82, 2.24) is 10.2 Å². The van der Waals surface area contributed by atoms with Gasteiger partial charge in [-0.15, -0.1) is 0 Å². The van der Waals surface area contributed by atoms with E-state index in [2.05, 4.69) is 5.32 Å². The molecule has 9 nitrogen and oxygen atoms in total. The predicted molar refractivity (Wildman–Crippen MR) is 109 cm³/mol. The quantitative estimate of drug-likeness (QED) is 0.438. The number of hydrogen-bond donors (Lipinski definition) is 3. The van der Waals surface area contributed by atoms with Crippen molar-refractivity contribution in [2.45, 2.75) is 79.4 Å². The van der Waals surface area contributed by atoms with Gasteiger partial charge in [0.05, 0.1) is 12.6 Å². The van der Waals surface area contributed by atoms with E-state index in [1.165, 1.54) is 0 Å². The van der Waals surface area contributed by atoms with Crippen LogP contribution < -0.4 is 11.1 Å². The zero-order valence-electron chi connectivity index (χ0n) is 18.6. The number of hydrogen-bond acceptors (Lipinski definition) is 6. The van der Waals surface area contributed by atoms with E-state index in [4.69, 9.17) is 10.5 Å². The molecule has 3 atom stereocenters. The Balaban J connectivity index is 5.89. The van der Waals surface area contributed by atoms with Crippen molar-refractivity contribution in [3.05, 3.63) is 0 Å². The Bertz CT molecular complexity index is 577. The maximum atomic E-state index is 13.2. The number of nitrogens with zero attached hydrogens (tertiary/aromatic N) is 1. The second kappa shape index (κ2) is 12.4. The Hall–Kier alpha value is -2.16. The van der Waals surface area contributed by atoms with Crippen LogP contribution in [0.5, 0.6) is 0 Å². The predicted octanol–water partition coefficient (Wildman–Crippen LogP) is 1.99. The Morgan fingerprint density at radius 3 is 1.93 bits per heavy atom. The Morgan fingerprint density at radius 1 is 1.00 bits per heavy atom. The summed E-state index contributed by atoms with van der Waals surface area (Å²) in [5.74, 6) is -3.81. The average Bonchev–Trinajstić information content (AvgIpc) is 2.61. The highest BCUT2D eigenvalue weighted by Crippen LogP contribution is 2.18. The van der Waals surface area contributed by atoms with E-state index in [1.54, 1.807) is 41.5 Å². The van der Waals surface area contributed by atoms with Gasteiger partial charge in [-0.25, -0.2) is 14.5 Å². The summed E-state index contributed by atoms with van der Waals surface area (Å²) >= 11 is 0. The van der Waals surface area contributed by atoms with Gasteiger partial charge in [-0.3, -0.25) is 9.59 Å². The number of aliphatic carboxylic acids is 1. The number of carboxylic acid groups (broad SMARTS) is 1. The number of amides is 3. The van der Waals surface area contributed by atoms with Gasteiger partial charge < -0.3 is 20.9 Å². The Labute approximate surface area is 173 Å². The molecular weight excluding hydrogens is 378 g/mol.